The molecular formula is C58H35N3O. The van der Waals surface area contributed by atoms with E-state index in [4.69, 9.17) is 19.4 Å². The van der Waals surface area contributed by atoms with Gasteiger partial charge in [0.1, 0.15) is 11.2 Å². The summed E-state index contributed by atoms with van der Waals surface area (Å²) in [5.74, 6) is 1.84. The standard InChI is InChI=1S/C58H35N3O/c1-2-15-38(16-3-1)55-59-56(39-33-34-53-48(35-39)45-21-9-13-28-52(45)62-53)61-57(60-55)47-22-5-4-17-40(47)36-29-31-37(32-30-36)41-23-14-24-46-44-20-8-12-27-51(44)58(54(41)46)49-25-10-6-18-42(49)43-19-7-11-26-50(43)58/h1-35H. The maximum Gasteiger partial charge on any atom is 0.164 e. The molecule has 2 aromatic heterocycles. The molecule has 0 atom stereocenters. The lowest BCUT2D eigenvalue weighted by Gasteiger charge is -2.32. The van der Waals surface area contributed by atoms with Gasteiger partial charge < -0.3 is 4.42 Å². The average Bonchev–Trinajstić information content (AvgIpc) is 3.98. The van der Waals surface area contributed by atoms with Gasteiger partial charge in [0.25, 0.3) is 0 Å². The average molecular weight is 790 g/mol. The van der Waals surface area contributed by atoms with Crippen molar-refractivity contribution in [1.82, 2.24) is 15.0 Å². The zero-order valence-electron chi connectivity index (χ0n) is 33.5. The van der Waals surface area contributed by atoms with Gasteiger partial charge in [0, 0.05) is 27.5 Å². The minimum Gasteiger partial charge on any atom is -0.456 e. The van der Waals surface area contributed by atoms with Gasteiger partial charge in [-0.1, -0.05) is 188 Å². The molecule has 0 N–H and O–H groups in total. The molecule has 288 valence electrons. The fraction of sp³-hybridized carbons (Fsp3) is 0.0172. The molecule has 62 heavy (non-hydrogen) atoms. The van der Waals surface area contributed by atoms with E-state index in [1.807, 2.05) is 60.7 Å². The van der Waals surface area contributed by atoms with E-state index in [9.17, 15) is 0 Å². The number of nitrogens with zero attached hydrogens (tertiary/aromatic N) is 3. The van der Waals surface area contributed by atoms with Gasteiger partial charge in [-0.05, 0) is 91.0 Å². The van der Waals surface area contributed by atoms with Gasteiger partial charge in [0.15, 0.2) is 17.5 Å². The molecule has 0 fully saturated rings. The predicted octanol–water partition coefficient (Wildman–Crippen LogP) is 14.4. The number of hydrogen-bond acceptors (Lipinski definition) is 4. The highest BCUT2D eigenvalue weighted by molar-refractivity contribution is 6.06. The Kier molecular flexibility index (Phi) is 7.49. The third-order valence-corrected chi connectivity index (χ3v) is 13.0. The highest BCUT2D eigenvalue weighted by Gasteiger charge is 2.52. The van der Waals surface area contributed by atoms with E-state index in [0.717, 1.165) is 49.8 Å². The Morgan fingerprint density at radius 2 is 0.758 bits per heavy atom. The first kappa shape index (κ1) is 34.6. The van der Waals surface area contributed by atoms with Crippen LogP contribution in [-0.2, 0) is 5.41 Å². The maximum atomic E-state index is 6.17. The second kappa shape index (κ2) is 13.4. The molecule has 2 aliphatic carbocycles. The Balaban J connectivity index is 0.952. The third-order valence-electron chi connectivity index (χ3n) is 13.0. The van der Waals surface area contributed by atoms with Crippen LogP contribution in [0.4, 0.5) is 0 Å². The van der Waals surface area contributed by atoms with E-state index in [1.165, 1.54) is 55.6 Å². The van der Waals surface area contributed by atoms with Gasteiger partial charge in [0.05, 0.1) is 5.41 Å². The highest BCUT2D eigenvalue weighted by Crippen LogP contribution is 2.64. The van der Waals surface area contributed by atoms with Gasteiger partial charge in [-0.25, -0.2) is 15.0 Å². The number of furan rings is 1. The van der Waals surface area contributed by atoms with Crippen molar-refractivity contribution in [1.29, 1.82) is 0 Å². The first-order chi connectivity index (χ1) is 30.7. The summed E-state index contributed by atoms with van der Waals surface area (Å²) in [6, 6.07) is 75.8. The molecule has 4 heteroatoms. The van der Waals surface area contributed by atoms with E-state index < -0.39 is 5.41 Å². The van der Waals surface area contributed by atoms with Crippen molar-refractivity contribution in [3.05, 3.63) is 235 Å². The number of rotatable bonds is 5. The molecule has 4 nitrogen and oxygen atoms in total. The lowest BCUT2D eigenvalue weighted by atomic mass is 9.68. The molecule has 0 saturated carbocycles. The molecule has 2 aliphatic rings. The van der Waals surface area contributed by atoms with Crippen LogP contribution in [0, 0.1) is 0 Å². The summed E-state index contributed by atoms with van der Waals surface area (Å²) in [6.45, 7) is 0. The van der Waals surface area contributed by atoms with Crippen molar-refractivity contribution in [3.63, 3.8) is 0 Å². The molecule has 2 heterocycles. The van der Waals surface area contributed by atoms with E-state index >= 15 is 0 Å². The van der Waals surface area contributed by atoms with Crippen LogP contribution in [0.1, 0.15) is 22.3 Å². The van der Waals surface area contributed by atoms with Crippen LogP contribution in [0.25, 0.3) is 101 Å². The highest BCUT2D eigenvalue weighted by atomic mass is 16.3. The number of aromatic nitrogens is 3. The van der Waals surface area contributed by atoms with Crippen molar-refractivity contribution < 1.29 is 4.42 Å². The number of para-hydroxylation sites is 1. The molecule has 0 aliphatic heterocycles. The fourth-order valence-corrected chi connectivity index (χ4v) is 10.4. The van der Waals surface area contributed by atoms with Crippen LogP contribution in [0.3, 0.4) is 0 Å². The quantitative estimate of drug-likeness (QED) is 0.174. The number of fused-ring (bicyclic) bond motifs is 13. The van der Waals surface area contributed by atoms with E-state index in [-0.39, 0.29) is 0 Å². The predicted molar refractivity (Wildman–Crippen MR) is 251 cm³/mol. The first-order valence-corrected chi connectivity index (χ1v) is 21.1. The Labute approximate surface area is 358 Å². The van der Waals surface area contributed by atoms with E-state index in [2.05, 4.69) is 152 Å². The second-order valence-corrected chi connectivity index (χ2v) is 16.2. The largest absolute Gasteiger partial charge is 0.456 e. The zero-order chi connectivity index (χ0) is 40.8. The van der Waals surface area contributed by atoms with Crippen LogP contribution >= 0.6 is 0 Å². The summed E-state index contributed by atoms with van der Waals surface area (Å²) < 4.78 is 6.17. The minimum absolute atomic E-state index is 0.428. The SMILES string of the molecule is c1ccc(-c2nc(-c3ccc4oc5ccccc5c4c3)nc(-c3ccccc3-c3ccc(-c4cccc5c4C4(c6ccccc6-c6ccccc64)c4ccccc4-5)cc3)n2)cc1. The lowest BCUT2D eigenvalue weighted by molar-refractivity contribution is 0.669. The minimum atomic E-state index is -0.428. The van der Waals surface area contributed by atoms with Crippen LogP contribution in [0.15, 0.2) is 217 Å². The zero-order valence-corrected chi connectivity index (χ0v) is 33.5. The molecule has 1 spiro atoms. The Hall–Kier alpha value is -8.21. The molecule has 11 aromatic rings. The molecule has 9 aromatic carbocycles. The van der Waals surface area contributed by atoms with E-state index in [0.29, 0.717) is 17.5 Å². The third kappa shape index (κ3) is 4.98. The topological polar surface area (TPSA) is 51.8 Å². The first-order valence-electron chi connectivity index (χ1n) is 21.1. The van der Waals surface area contributed by atoms with E-state index in [1.54, 1.807) is 0 Å². The van der Waals surface area contributed by atoms with Gasteiger partial charge >= 0.3 is 0 Å². The van der Waals surface area contributed by atoms with Crippen molar-refractivity contribution in [2.75, 3.05) is 0 Å². The summed E-state index contributed by atoms with van der Waals surface area (Å²) in [4.78, 5) is 15.4. The Bertz CT molecular complexity index is 3520. The molecular weight excluding hydrogens is 755 g/mol. The van der Waals surface area contributed by atoms with Gasteiger partial charge in [-0.15, -0.1) is 0 Å². The van der Waals surface area contributed by atoms with Crippen molar-refractivity contribution in [2.45, 2.75) is 5.41 Å². The van der Waals surface area contributed by atoms with Gasteiger partial charge in [-0.2, -0.15) is 0 Å². The Morgan fingerprint density at radius 1 is 0.290 bits per heavy atom. The van der Waals surface area contributed by atoms with Crippen molar-refractivity contribution >= 4 is 21.9 Å². The monoisotopic (exact) mass is 789 g/mol. The maximum absolute atomic E-state index is 6.17. The summed E-state index contributed by atoms with van der Waals surface area (Å²) in [5, 5.41) is 2.09. The van der Waals surface area contributed by atoms with Crippen LogP contribution < -0.4 is 0 Å². The molecule has 0 saturated heterocycles. The van der Waals surface area contributed by atoms with Gasteiger partial charge in [-0.3, -0.25) is 0 Å². The Morgan fingerprint density at radius 3 is 1.45 bits per heavy atom. The molecule has 0 radical (unpaired) electrons. The summed E-state index contributed by atoms with van der Waals surface area (Å²) in [7, 11) is 0. The molecule has 0 amide bonds. The normalized spacial score (nSPS) is 13.0. The van der Waals surface area contributed by atoms with Crippen molar-refractivity contribution in [2.24, 2.45) is 0 Å². The second-order valence-electron chi connectivity index (χ2n) is 16.2. The summed E-state index contributed by atoms with van der Waals surface area (Å²) in [5.41, 5.74) is 19.1. The summed E-state index contributed by atoms with van der Waals surface area (Å²) >= 11 is 0. The van der Waals surface area contributed by atoms with Crippen LogP contribution in [0.5, 0.6) is 0 Å². The van der Waals surface area contributed by atoms with Crippen molar-refractivity contribution in [3.8, 4) is 78.7 Å². The van der Waals surface area contributed by atoms with Gasteiger partial charge in [0.2, 0.25) is 0 Å². The summed E-state index contributed by atoms with van der Waals surface area (Å²) in [6.07, 6.45) is 0. The van der Waals surface area contributed by atoms with Crippen LogP contribution in [-0.4, -0.2) is 15.0 Å². The lowest BCUT2D eigenvalue weighted by Crippen LogP contribution is -2.26. The molecule has 13 rings (SSSR count). The molecule has 0 bridgehead atoms. The van der Waals surface area contributed by atoms with Crippen LogP contribution in [0.2, 0.25) is 0 Å². The number of benzene rings is 9. The smallest absolute Gasteiger partial charge is 0.164 e. The molecule has 0 unspecified atom stereocenters. The number of hydrogen-bond donors (Lipinski definition) is 0. The fourth-order valence-electron chi connectivity index (χ4n) is 10.4.